The average molecular weight is 261 g/mol. The van der Waals surface area contributed by atoms with Crippen LogP contribution in [0, 0.1) is 5.41 Å². The van der Waals surface area contributed by atoms with E-state index < -0.39 is 6.10 Å². The number of aliphatic hydroxyl groups excluding tert-OH is 1. The van der Waals surface area contributed by atoms with Crippen LogP contribution in [0.5, 0.6) is 0 Å². The summed E-state index contributed by atoms with van der Waals surface area (Å²) >= 11 is 3.21. The molecular formula is C11H17BrO2. The van der Waals surface area contributed by atoms with Crippen LogP contribution < -0.4 is 0 Å². The highest BCUT2D eigenvalue weighted by atomic mass is 79.9. The van der Waals surface area contributed by atoms with Crippen LogP contribution in [-0.2, 0) is 0 Å². The van der Waals surface area contributed by atoms with Crippen LogP contribution in [0.25, 0.3) is 0 Å². The zero-order chi connectivity index (χ0) is 10.8. The van der Waals surface area contributed by atoms with Gasteiger partial charge in [-0.15, -0.1) is 0 Å². The Morgan fingerprint density at radius 3 is 2.50 bits per heavy atom. The molecule has 0 fully saturated rings. The van der Waals surface area contributed by atoms with Gasteiger partial charge >= 0.3 is 0 Å². The molecule has 3 heteroatoms. The molecule has 0 saturated carbocycles. The normalized spacial score (nSPS) is 14.4. The van der Waals surface area contributed by atoms with E-state index in [0.717, 1.165) is 12.8 Å². The van der Waals surface area contributed by atoms with Crippen LogP contribution in [0.3, 0.4) is 0 Å². The molecule has 0 aliphatic heterocycles. The molecule has 1 heterocycles. The Hall–Kier alpha value is -0.280. The van der Waals surface area contributed by atoms with Gasteiger partial charge in [0.05, 0.1) is 0 Å². The monoisotopic (exact) mass is 260 g/mol. The second-order valence-corrected chi connectivity index (χ2v) is 5.54. The van der Waals surface area contributed by atoms with E-state index in [0.29, 0.717) is 10.4 Å². The molecule has 1 aromatic rings. The van der Waals surface area contributed by atoms with Crippen LogP contribution in [-0.4, -0.2) is 5.11 Å². The highest BCUT2D eigenvalue weighted by Gasteiger charge is 2.16. The van der Waals surface area contributed by atoms with E-state index in [9.17, 15) is 5.11 Å². The third kappa shape index (κ3) is 3.84. The van der Waals surface area contributed by atoms with Crippen LogP contribution in [0.1, 0.15) is 45.5 Å². The van der Waals surface area contributed by atoms with Gasteiger partial charge in [-0.1, -0.05) is 20.8 Å². The number of rotatable bonds is 3. The van der Waals surface area contributed by atoms with Gasteiger partial charge in [0.25, 0.3) is 0 Å². The van der Waals surface area contributed by atoms with E-state index in [-0.39, 0.29) is 5.41 Å². The summed E-state index contributed by atoms with van der Waals surface area (Å²) in [6.45, 7) is 6.49. The fourth-order valence-corrected chi connectivity index (χ4v) is 1.54. The Morgan fingerprint density at radius 1 is 1.43 bits per heavy atom. The smallest absolute Gasteiger partial charge is 0.169 e. The van der Waals surface area contributed by atoms with Gasteiger partial charge in [-0.05, 0) is 46.3 Å². The van der Waals surface area contributed by atoms with E-state index in [4.69, 9.17) is 4.42 Å². The van der Waals surface area contributed by atoms with Gasteiger partial charge < -0.3 is 9.52 Å². The maximum absolute atomic E-state index is 9.78. The molecule has 14 heavy (non-hydrogen) atoms. The SMILES string of the molecule is CC(C)(C)CCC(O)c1ccc(Br)o1. The van der Waals surface area contributed by atoms with Gasteiger partial charge in [0.2, 0.25) is 0 Å². The standard InChI is InChI=1S/C11H17BrO2/c1-11(2,3)7-6-8(13)9-4-5-10(12)14-9/h4-5,8,13H,6-7H2,1-3H3. The lowest BCUT2D eigenvalue weighted by Gasteiger charge is -2.19. The Labute approximate surface area is 93.4 Å². The maximum Gasteiger partial charge on any atom is 0.169 e. The molecule has 0 bridgehead atoms. The van der Waals surface area contributed by atoms with E-state index in [2.05, 4.69) is 36.7 Å². The predicted octanol–water partition coefficient (Wildman–Crippen LogP) is 3.90. The first-order valence-corrected chi connectivity index (χ1v) is 5.61. The third-order valence-corrected chi connectivity index (χ3v) is 2.52. The lowest BCUT2D eigenvalue weighted by atomic mass is 9.89. The molecule has 1 aromatic heterocycles. The minimum absolute atomic E-state index is 0.255. The van der Waals surface area contributed by atoms with Gasteiger partial charge in [0.15, 0.2) is 4.67 Å². The zero-order valence-corrected chi connectivity index (χ0v) is 10.5. The van der Waals surface area contributed by atoms with Crippen molar-refractivity contribution in [3.63, 3.8) is 0 Å². The minimum atomic E-state index is -0.486. The molecule has 0 amide bonds. The van der Waals surface area contributed by atoms with Crippen molar-refractivity contribution in [1.29, 1.82) is 0 Å². The second kappa shape index (κ2) is 4.49. The quantitative estimate of drug-likeness (QED) is 0.895. The van der Waals surface area contributed by atoms with Crippen molar-refractivity contribution in [2.24, 2.45) is 5.41 Å². The van der Waals surface area contributed by atoms with E-state index in [1.807, 2.05) is 0 Å². The summed E-state index contributed by atoms with van der Waals surface area (Å²) in [5.41, 5.74) is 0.255. The van der Waals surface area contributed by atoms with Gasteiger partial charge in [-0.2, -0.15) is 0 Å². The number of halogens is 1. The molecule has 1 N–H and O–H groups in total. The molecule has 0 aliphatic rings. The van der Waals surface area contributed by atoms with Crippen molar-refractivity contribution in [2.45, 2.75) is 39.7 Å². The highest BCUT2D eigenvalue weighted by Crippen LogP contribution is 2.28. The molecule has 1 unspecified atom stereocenters. The van der Waals surface area contributed by atoms with Gasteiger partial charge in [0, 0.05) is 0 Å². The topological polar surface area (TPSA) is 33.4 Å². The summed E-state index contributed by atoms with van der Waals surface area (Å²) in [6, 6.07) is 3.60. The van der Waals surface area contributed by atoms with E-state index in [1.54, 1.807) is 12.1 Å². The first-order valence-electron chi connectivity index (χ1n) is 4.82. The molecule has 1 rings (SSSR count). The predicted molar refractivity (Wildman–Crippen MR) is 60.1 cm³/mol. The number of furan rings is 1. The fraction of sp³-hybridized carbons (Fsp3) is 0.636. The molecule has 0 saturated heterocycles. The summed E-state index contributed by atoms with van der Waals surface area (Å²) in [7, 11) is 0. The van der Waals surface area contributed by atoms with Crippen LogP contribution in [0.2, 0.25) is 0 Å². The lowest BCUT2D eigenvalue weighted by Crippen LogP contribution is -2.07. The lowest BCUT2D eigenvalue weighted by molar-refractivity contribution is 0.123. The largest absolute Gasteiger partial charge is 0.452 e. The third-order valence-electron chi connectivity index (χ3n) is 2.09. The number of hydrogen-bond acceptors (Lipinski definition) is 2. The van der Waals surface area contributed by atoms with Crippen molar-refractivity contribution in [3.05, 3.63) is 22.6 Å². The summed E-state index contributed by atoms with van der Waals surface area (Å²) in [4.78, 5) is 0. The summed E-state index contributed by atoms with van der Waals surface area (Å²) in [5, 5.41) is 9.78. The zero-order valence-electron chi connectivity index (χ0n) is 8.88. The molecule has 0 aromatic carbocycles. The second-order valence-electron chi connectivity index (χ2n) is 4.76. The molecule has 80 valence electrons. The van der Waals surface area contributed by atoms with Crippen LogP contribution >= 0.6 is 15.9 Å². The summed E-state index contributed by atoms with van der Waals surface area (Å²) in [5.74, 6) is 0.640. The summed E-state index contributed by atoms with van der Waals surface area (Å²) in [6.07, 6.45) is 1.23. The molecular weight excluding hydrogens is 244 g/mol. The molecule has 0 aliphatic carbocycles. The van der Waals surface area contributed by atoms with Crippen molar-refractivity contribution in [3.8, 4) is 0 Å². The summed E-state index contributed by atoms with van der Waals surface area (Å²) < 4.78 is 5.95. The first-order chi connectivity index (χ1) is 6.38. The van der Waals surface area contributed by atoms with Crippen LogP contribution in [0.4, 0.5) is 0 Å². The molecule has 2 nitrogen and oxygen atoms in total. The fourth-order valence-electron chi connectivity index (χ4n) is 1.22. The molecule has 1 atom stereocenters. The molecule has 0 radical (unpaired) electrons. The number of aliphatic hydroxyl groups is 1. The van der Waals surface area contributed by atoms with Crippen molar-refractivity contribution in [2.75, 3.05) is 0 Å². The Kier molecular flexibility index (Phi) is 3.78. The minimum Gasteiger partial charge on any atom is -0.452 e. The van der Waals surface area contributed by atoms with E-state index >= 15 is 0 Å². The molecule has 0 spiro atoms. The maximum atomic E-state index is 9.78. The Balaban J connectivity index is 2.47. The van der Waals surface area contributed by atoms with Crippen molar-refractivity contribution < 1.29 is 9.52 Å². The number of hydrogen-bond donors (Lipinski definition) is 1. The van der Waals surface area contributed by atoms with Gasteiger partial charge in [0.1, 0.15) is 11.9 Å². The van der Waals surface area contributed by atoms with Crippen molar-refractivity contribution in [1.82, 2.24) is 0 Å². The van der Waals surface area contributed by atoms with Crippen molar-refractivity contribution >= 4 is 15.9 Å². The average Bonchev–Trinajstić information content (AvgIpc) is 2.46. The Morgan fingerprint density at radius 2 is 2.07 bits per heavy atom. The van der Waals surface area contributed by atoms with E-state index in [1.165, 1.54) is 0 Å². The highest BCUT2D eigenvalue weighted by molar-refractivity contribution is 9.10. The van der Waals surface area contributed by atoms with Gasteiger partial charge in [-0.3, -0.25) is 0 Å². The van der Waals surface area contributed by atoms with Gasteiger partial charge in [-0.25, -0.2) is 0 Å². The first kappa shape index (κ1) is 11.8. The van der Waals surface area contributed by atoms with Crippen LogP contribution in [0.15, 0.2) is 21.2 Å². The Bertz CT molecular complexity index is 286.